The third-order valence-corrected chi connectivity index (χ3v) is 3.02. The number of nitrogens with one attached hydrogen (secondary N) is 2. The molecule has 1 aliphatic heterocycles. The Bertz CT molecular complexity index is 286. The van der Waals surface area contributed by atoms with Crippen LogP contribution in [-0.2, 0) is 11.3 Å². The maximum absolute atomic E-state index is 5.72. The molecule has 0 aromatic carbocycles. The van der Waals surface area contributed by atoms with Crippen LogP contribution in [0.15, 0.2) is 18.3 Å². The lowest BCUT2D eigenvalue weighted by Gasteiger charge is -2.32. The van der Waals surface area contributed by atoms with E-state index in [9.17, 15) is 0 Å². The summed E-state index contributed by atoms with van der Waals surface area (Å²) in [4.78, 5) is 5.62. The molecule has 1 aromatic rings. The van der Waals surface area contributed by atoms with Crippen LogP contribution in [0.1, 0.15) is 12.6 Å². The lowest BCUT2D eigenvalue weighted by molar-refractivity contribution is -0.0254. The van der Waals surface area contributed by atoms with E-state index in [1.54, 1.807) is 0 Å². The van der Waals surface area contributed by atoms with Crippen LogP contribution in [0.5, 0.6) is 0 Å². The first-order valence-corrected chi connectivity index (χ1v) is 6.05. The highest BCUT2D eigenvalue weighted by atomic mass is 16.5. The molecule has 1 aliphatic rings. The van der Waals surface area contributed by atoms with Crippen LogP contribution >= 0.6 is 0 Å². The monoisotopic (exact) mass is 223 g/mol. The molecule has 1 unspecified atom stereocenters. The number of ether oxygens (including phenoxy) is 1. The molecular formula is C12H21N3O. The molecule has 0 amide bonds. The van der Waals surface area contributed by atoms with Gasteiger partial charge < -0.3 is 15.0 Å². The number of nitrogens with zero attached hydrogens (tertiary/aromatic N) is 1. The summed E-state index contributed by atoms with van der Waals surface area (Å²) in [7, 11) is 0. The maximum Gasteiger partial charge on any atom is 0.0826 e. The fourth-order valence-electron chi connectivity index (χ4n) is 2.04. The number of aromatic amines is 1. The van der Waals surface area contributed by atoms with E-state index in [0.717, 1.165) is 39.3 Å². The molecule has 2 heterocycles. The van der Waals surface area contributed by atoms with Crippen molar-refractivity contribution in [3.05, 3.63) is 24.0 Å². The van der Waals surface area contributed by atoms with E-state index < -0.39 is 0 Å². The fourth-order valence-corrected chi connectivity index (χ4v) is 2.04. The molecule has 16 heavy (non-hydrogen) atoms. The minimum absolute atomic E-state index is 0.337. The molecule has 2 rings (SSSR count). The van der Waals surface area contributed by atoms with Gasteiger partial charge in [0.25, 0.3) is 0 Å². The molecule has 0 spiro atoms. The Hall–Kier alpha value is -0.840. The SMILES string of the molecule is CCN1CCOC(CNCc2ccc[nH]2)C1. The first kappa shape index (κ1) is 11.6. The van der Waals surface area contributed by atoms with E-state index >= 15 is 0 Å². The van der Waals surface area contributed by atoms with Gasteiger partial charge in [-0.15, -0.1) is 0 Å². The van der Waals surface area contributed by atoms with Crippen molar-refractivity contribution < 1.29 is 4.74 Å². The summed E-state index contributed by atoms with van der Waals surface area (Å²) in [5, 5.41) is 3.42. The standard InChI is InChI=1S/C12H21N3O/c1-2-15-6-7-16-12(10-15)9-13-8-11-4-3-5-14-11/h3-5,12-14H,2,6-10H2,1H3. The molecule has 1 atom stereocenters. The van der Waals surface area contributed by atoms with Gasteiger partial charge in [0.2, 0.25) is 0 Å². The summed E-state index contributed by atoms with van der Waals surface area (Å²) in [6.07, 6.45) is 2.29. The molecule has 4 nitrogen and oxygen atoms in total. The van der Waals surface area contributed by atoms with Crippen molar-refractivity contribution in [2.45, 2.75) is 19.6 Å². The Labute approximate surface area is 97.0 Å². The number of aromatic nitrogens is 1. The number of H-pyrrole nitrogens is 1. The average Bonchev–Trinajstić information content (AvgIpc) is 2.82. The van der Waals surface area contributed by atoms with Gasteiger partial charge in [-0.25, -0.2) is 0 Å². The quantitative estimate of drug-likeness (QED) is 0.776. The predicted molar refractivity (Wildman–Crippen MR) is 64.4 cm³/mol. The minimum atomic E-state index is 0.337. The number of hydrogen-bond donors (Lipinski definition) is 2. The van der Waals surface area contributed by atoms with Gasteiger partial charge in [-0.3, -0.25) is 4.90 Å². The molecule has 4 heteroatoms. The first-order chi connectivity index (χ1) is 7.88. The van der Waals surface area contributed by atoms with Crippen molar-refractivity contribution in [3.63, 3.8) is 0 Å². The Morgan fingerprint density at radius 2 is 2.56 bits per heavy atom. The minimum Gasteiger partial charge on any atom is -0.374 e. The van der Waals surface area contributed by atoms with Gasteiger partial charge in [0.1, 0.15) is 0 Å². The lowest BCUT2D eigenvalue weighted by atomic mass is 10.2. The van der Waals surface area contributed by atoms with Crippen LogP contribution in [0.3, 0.4) is 0 Å². The molecular weight excluding hydrogens is 202 g/mol. The summed E-state index contributed by atoms with van der Waals surface area (Å²) in [5.41, 5.74) is 1.23. The highest BCUT2D eigenvalue weighted by Gasteiger charge is 2.18. The summed E-state index contributed by atoms with van der Waals surface area (Å²) in [5.74, 6) is 0. The second kappa shape index (κ2) is 6.03. The van der Waals surface area contributed by atoms with Crippen LogP contribution in [0.4, 0.5) is 0 Å². The summed E-state index contributed by atoms with van der Waals surface area (Å²) >= 11 is 0. The van der Waals surface area contributed by atoms with Crippen molar-refractivity contribution in [1.82, 2.24) is 15.2 Å². The Morgan fingerprint density at radius 3 is 3.31 bits per heavy atom. The number of rotatable bonds is 5. The normalized spacial score (nSPS) is 22.4. The topological polar surface area (TPSA) is 40.3 Å². The molecule has 2 N–H and O–H groups in total. The van der Waals surface area contributed by atoms with Gasteiger partial charge in [0, 0.05) is 38.1 Å². The van der Waals surface area contributed by atoms with Gasteiger partial charge in [-0.2, -0.15) is 0 Å². The van der Waals surface area contributed by atoms with Crippen LogP contribution in [-0.4, -0.2) is 48.8 Å². The highest BCUT2D eigenvalue weighted by molar-refractivity contribution is 5.02. The summed E-state index contributed by atoms with van der Waals surface area (Å²) < 4.78 is 5.72. The third-order valence-electron chi connectivity index (χ3n) is 3.02. The van der Waals surface area contributed by atoms with E-state index in [4.69, 9.17) is 4.74 Å². The van der Waals surface area contributed by atoms with Crippen molar-refractivity contribution in [3.8, 4) is 0 Å². The zero-order valence-electron chi connectivity index (χ0n) is 9.91. The molecule has 1 aromatic heterocycles. The molecule has 90 valence electrons. The first-order valence-electron chi connectivity index (χ1n) is 6.05. The molecule has 0 aliphatic carbocycles. The second-order valence-electron chi connectivity index (χ2n) is 4.21. The van der Waals surface area contributed by atoms with Crippen LogP contribution in [0.25, 0.3) is 0 Å². The highest BCUT2D eigenvalue weighted by Crippen LogP contribution is 2.04. The third kappa shape index (κ3) is 3.33. The number of hydrogen-bond acceptors (Lipinski definition) is 3. The van der Waals surface area contributed by atoms with Gasteiger partial charge >= 0.3 is 0 Å². The fraction of sp³-hybridized carbons (Fsp3) is 0.667. The molecule has 0 saturated carbocycles. The lowest BCUT2D eigenvalue weighted by Crippen LogP contribution is -2.46. The largest absolute Gasteiger partial charge is 0.374 e. The van der Waals surface area contributed by atoms with Crippen LogP contribution in [0, 0.1) is 0 Å². The Balaban J connectivity index is 1.65. The van der Waals surface area contributed by atoms with E-state index in [2.05, 4.69) is 28.2 Å². The average molecular weight is 223 g/mol. The Kier molecular flexibility index (Phi) is 4.39. The number of likely N-dealkylation sites (N-methyl/N-ethyl adjacent to an activating group) is 1. The zero-order valence-corrected chi connectivity index (χ0v) is 9.91. The van der Waals surface area contributed by atoms with Gasteiger partial charge in [-0.1, -0.05) is 6.92 Å². The predicted octanol–water partition coefficient (Wildman–Crippen LogP) is 0.825. The number of morpholine rings is 1. The van der Waals surface area contributed by atoms with Crippen LogP contribution in [0.2, 0.25) is 0 Å². The molecule has 0 radical (unpaired) electrons. The van der Waals surface area contributed by atoms with E-state index in [0.29, 0.717) is 6.10 Å². The molecule has 1 saturated heterocycles. The molecule has 1 fully saturated rings. The van der Waals surface area contributed by atoms with Crippen LogP contribution < -0.4 is 5.32 Å². The second-order valence-corrected chi connectivity index (χ2v) is 4.21. The smallest absolute Gasteiger partial charge is 0.0826 e. The zero-order chi connectivity index (χ0) is 11.2. The summed E-state index contributed by atoms with van der Waals surface area (Å²) in [6.45, 7) is 8.13. The van der Waals surface area contributed by atoms with Crippen molar-refractivity contribution in [2.75, 3.05) is 32.8 Å². The van der Waals surface area contributed by atoms with E-state index in [1.165, 1.54) is 5.69 Å². The van der Waals surface area contributed by atoms with Gasteiger partial charge in [0.15, 0.2) is 0 Å². The van der Waals surface area contributed by atoms with E-state index in [-0.39, 0.29) is 0 Å². The van der Waals surface area contributed by atoms with Gasteiger partial charge in [-0.05, 0) is 18.7 Å². The van der Waals surface area contributed by atoms with Gasteiger partial charge in [0.05, 0.1) is 12.7 Å². The summed E-state index contributed by atoms with van der Waals surface area (Å²) in [6, 6.07) is 4.11. The maximum atomic E-state index is 5.72. The van der Waals surface area contributed by atoms with Crippen molar-refractivity contribution >= 4 is 0 Å². The Morgan fingerprint density at radius 1 is 1.62 bits per heavy atom. The van der Waals surface area contributed by atoms with Crippen molar-refractivity contribution in [2.24, 2.45) is 0 Å². The van der Waals surface area contributed by atoms with E-state index in [1.807, 2.05) is 12.3 Å². The van der Waals surface area contributed by atoms with Crippen molar-refractivity contribution in [1.29, 1.82) is 0 Å². The molecule has 0 bridgehead atoms.